The molecule has 1 aliphatic rings. The molecule has 3 heterocycles. The predicted molar refractivity (Wildman–Crippen MR) is 119 cm³/mol. The van der Waals surface area contributed by atoms with E-state index >= 15 is 0 Å². The van der Waals surface area contributed by atoms with Gasteiger partial charge in [-0.3, -0.25) is 14.3 Å². The maximum atomic E-state index is 12.6. The molecule has 0 spiro atoms. The number of carbonyl (C=O) groups is 2. The van der Waals surface area contributed by atoms with Crippen molar-refractivity contribution in [2.45, 2.75) is 33.2 Å². The van der Waals surface area contributed by atoms with Crippen LogP contribution in [0, 0.1) is 13.8 Å². The number of aromatic nitrogens is 3. The van der Waals surface area contributed by atoms with Crippen LogP contribution in [0.15, 0.2) is 30.6 Å². The molecule has 4 rings (SSSR count). The first kappa shape index (κ1) is 20.9. The number of hydrogen-bond acceptors (Lipinski definition) is 7. The van der Waals surface area contributed by atoms with Crippen molar-refractivity contribution in [3.05, 3.63) is 46.6 Å². The van der Waals surface area contributed by atoms with Crippen LogP contribution in [0.1, 0.15) is 33.6 Å². The average molecular weight is 441 g/mol. The summed E-state index contributed by atoms with van der Waals surface area (Å²) in [5.41, 5.74) is 2.07. The predicted octanol–water partition coefficient (Wildman–Crippen LogP) is 3.28. The summed E-state index contributed by atoms with van der Waals surface area (Å²) < 4.78 is 1.59. The molecule has 2 amide bonds. The number of nitrogens with zero attached hydrogens (tertiary/aromatic N) is 4. The van der Waals surface area contributed by atoms with E-state index in [1.807, 2.05) is 11.8 Å². The summed E-state index contributed by atoms with van der Waals surface area (Å²) in [4.78, 5) is 31.4. The lowest BCUT2D eigenvalue weighted by Gasteiger charge is -2.14. The van der Waals surface area contributed by atoms with Gasteiger partial charge in [0.05, 0.1) is 11.9 Å². The zero-order valence-corrected chi connectivity index (χ0v) is 18.2. The highest BCUT2D eigenvalue weighted by Crippen LogP contribution is 2.29. The molecule has 1 fully saturated rings. The third-order valence-corrected chi connectivity index (χ3v) is 6.16. The largest absolute Gasteiger partial charge is 0.508 e. The lowest BCUT2D eigenvalue weighted by Crippen LogP contribution is -2.31. The van der Waals surface area contributed by atoms with Crippen LogP contribution in [0.2, 0.25) is 0 Å². The van der Waals surface area contributed by atoms with Crippen molar-refractivity contribution in [2.75, 3.05) is 23.7 Å². The number of phenolic OH excluding ortho intramolecular Hbond substituents is 1. The Balaban J connectivity index is 1.38. The van der Waals surface area contributed by atoms with Crippen molar-refractivity contribution < 1.29 is 14.7 Å². The molecule has 0 radical (unpaired) electrons. The summed E-state index contributed by atoms with van der Waals surface area (Å²) in [6.45, 7) is 5.46. The maximum Gasteiger partial charge on any atom is 0.267 e. The van der Waals surface area contributed by atoms with Gasteiger partial charge in [-0.1, -0.05) is 17.4 Å². The molecular formula is C21H24N6O3S. The quantitative estimate of drug-likeness (QED) is 0.542. The summed E-state index contributed by atoms with van der Waals surface area (Å²) in [6.07, 6.45) is 5.35. The lowest BCUT2D eigenvalue weighted by atomic mass is 10.1. The topological polar surface area (TPSA) is 112 Å². The maximum absolute atomic E-state index is 12.6. The fourth-order valence-corrected chi connectivity index (χ4v) is 4.19. The standard InChI is InChI=1S/C21H24N6O3S/c1-13-5-6-15(28)14(2)19(13)24-20(30)16-11-22-21(31-16)23-17-7-10-27(25-17)12-18(29)26-8-3-4-9-26/h5-7,10-11,28H,3-4,8-9,12H2,1-2H3,(H,24,30)(H,22,23,25). The smallest absolute Gasteiger partial charge is 0.267 e. The van der Waals surface area contributed by atoms with Crippen LogP contribution in [-0.4, -0.2) is 49.7 Å². The highest BCUT2D eigenvalue weighted by atomic mass is 32.1. The Morgan fingerprint density at radius 1 is 1.19 bits per heavy atom. The highest BCUT2D eigenvalue weighted by molar-refractivity contribution is 7.17. The zero-order chi connectivity index (χ0) is 22.0. The summed E-state index contributed by atoms with van der Waals surface area (Å²) in [7, 11) is 0. The Morgan fingerprint density at radius 2 is 1.97 bits per heavy atom. The molecule has 1 aromatic carbocycles. The van der Waals surface area contributed by atoms with Gasteiger partial charge in [0.1, 0.15) is 17.2 Å². The molecule has 0 unspecified atom stereocenters. The van der Waals surface area contributed by atoms with Crippen LogP contribution < -0.4 is 10.6 Å². The summed E-state index contributed by atoms with van der Waals surface area (Å²) >= 11 is 1.19. The molecule has 10 heteroatoms. The first-order valence-corrected chi connectivity index (χ1v) is 10.9. The van der Waals surface area contributed by atoms with E-state index < -0.39 is 0 Å². The fraction of sp³-hybridized carbons (Fsp3) is 0.333. The second-order valence-electron chi connectivity index (χ2n) is 7.50. The monoisotopic (exact) mass is 440 g/mol. The average Bonchev–Trinajstić information content (AvgIpc) is 3.50. The lowest BCUT2D eigenvalue weighted by molar-refractivity contribution is -0.130. The van der Waals surface area contributed by atoms with Crippen molar-refractivity contribution in [1.82, 2.24) is 19.7 Å². The Hall–Kier alpha value is -3.40. The van der Waals surface area contributed by atoms with Crippen LogP contribution in [-0.2, 0) is 11.3 Å². The van der Waals surface area contributed by atoms with Gasteiger partial charge in [-0.05, 0) is 38.3 Å². The van der Waals surface area contributed by atoms with Gasteiger partial charge in [0.25, 0.3) is 5.91 Å². The van der Waals surface area contributed by atoms with E-state index in [0.717, 1.165) is 31.5 Å². The SMILES string of the molecule is Cc1ccc(O)c(C)c1NC(=O)c1cnc(Nc2ccn(CC(=O)N3CCCC3)n2)s1. The molecular weight excluding hydrogens is 416 g/mol. The number of likely N-dealkylation sites (tertiary alicyclic amines) is 1. The minimum Gasteiger partial charge on any atom is -0.508 e. The molecule has 2 aromatic heterocycles. The zero-order valence-electron chi connectivity index (χ0n) is 17.4. The molecule has 0 atom stereocenters. The van der Waals surface area contributed by atoms with Crippen LogP contribution in [0.3, 0.4) is 0 Å². The molecule has 0 bridgehead atoms. The molecule has 0 aliphatic carbocycles. The number of amides is 2. The molecule has 1 aliphatic heterocycles. The fourth-order valence-electron chi connectivity index (χ4n) is 3.47. The number of carbonyl (C=O) groups excluding carboxylic acids is 2. The first-order valence-electron chi connectivity index (χ1n) is 10.1. The molecule has 0 saturated carbocycles. The van der Waals surface area contributed by atoms with Crippen LogP contribution >= 0.6 is 11.3 Å². The van der Waals surface area contributed by atoms with Gasteiger partial charge in [-0.25, -0.2) is 4.98 Å². The van der Waals surface area contributed by atoms with E-state index in [-0.39, 0.29) is 24.1 Å². The second-order valence-corrected chi connectivity index (χ2v) is 8.53. The van der Waals surface area contributed by atoms with Gasteiger partial charge in [-0.2, -0.15) is 5.10 Å². The third kappa shape index (κ3) is 4.69. The van der Waals surface area contributed by atoms with Gasteiger partial charge in [0.15, 0.2) is 10.9 Å². The van der Waals surface area contributed by atoms with Gasteiger partial charge in [0.2, 0.25) is 5.91 Å². The number of anilines is 3. The van der Waals surface area contributed by atoms with E-state index in [0.29, 0.717) is 27.1 Å². The second kappa shape index (κ2) is 8.76. The summed E-state index contributed by atoms with van der Waals surface area (Å²) in [5.74, 6) is 0.448. The Kier molecular flexibility index (Phi) is 5.90. The molecule has 3 N–H and O–H groups in total. The van der Waals surface area contributed by atoms with Crippen molar-refractivity contribution in [1.29, 1.82) is 0 Å². The number of benzene rings is 1. The third-order valence-electron chi connectivity index (χ3n) is 5.24. The van der Waals surface area contributed by atoms with Gasteiger partial charge in [-0.15, -0.1) is 0 Å². The van der Waals surface area contributed by atoms with Gasteiger partial charge >= 0.3 is 0 Å². The number of aromatic hydroxyl groups is 1. The van der Waals surface area contributed by atoms with Gasteiger partial charge < -0.3 is 20.6 Å². The number of nitrogens with one attached hydrogen (secondary N) is 2. The van der Waals surface area contributed by atoms with Crippen molar-refractivity contribution in [3.8, 4) is 5.75 Å². The highest BCUT2D eigenvalue weighted by Gasteiger charge is 2.19. The van der Waals surface area contributed by atoms with Crippen molar-refractivity contribution >= 4 is 39.8 Å². The van der Waals surface area contributed by atoms with E-state index in [4.69, 9.17) is 0 Å². The molecule has 9 nitrogen and oxygen atoms in total. The molecule has 1 saturated heterocycles. The number of hydrogen-bond donors (Lipinski definition) is 3. The number of rotatable bonds is 6. The van der Waals surface area contributed by atoms with E-state index in [1.165, 1.54) is 17.5 Å². The Morgan fingerprint density at radius 3 is 2.74 bits per heavy atom. The Bertz CT molecular complexity index is 1120. The van der Waals surface area contributed by atoms with E-state index in [2.05, 4.69) is 20.7 Å². The number of thiazole rings is 1. The molecule has 162 valence electrons. The summed E-state index contributed by atoms with van der Waals surface area (Å²) in [6, 6.07) is 5.12. The van der Waals surface area contributed by atoms with Crippen molar-refractivity contribution in [3.63, 3.8) is 0 Å². The summed E-state index contributed by atoms with van der Waals surface area (Å²) in [5, 5.41) is 20.7. The van der Waals surface area contributed by atoms with Crippen LogP contribution in [0.5, 0.6) is 5.75 Å². The molecule has 3 aromatic rings. The first-order chi connectivity index (χ1) is 14.9. The van der Waals surface area contributed by atoms with Gasteiger partial charge in [0, 0.05) is 30.9 Å². The minimum absolute atomic E-state index is 0.0675. The normalized spacial score (nSPS) is 13.4. The number of phenols is 1. The molecule has 31 heavy (non-hydrogen) atoms. The minimum atomic E-state index is -0.302. The van der Waals surface area contributed by atoms with Crippen molar-refractivity contribution in [2.24, 2.45) is 0 Å². The Labute approximate surface area is 183 Å². The van der Waals surface area contributed by atoms with Crippen LogP contribution in [0.25, 0.3) is 0 Å². The number of aryl methyl sites for hydroxylation is 1. The van der Waals surface area contributed by atoms with E-state index in [1.54, 1.807) is 36.0 Å². The van der Waals surface area contributed by atoms with Crippen LogP contribution in [0.4, 0.5) is 16.6 Å². The van der Waals surface area contributed by atoms with E-state index in [9.17, 15) is 14.7 Å².